The van der Waals surface area contributed by atoms with Crippen LogP contribution in [0, 0.1) is 11.8 Å². The summed E-state index contributed by atoms with van der Waals surface area (Å²) < 4.78 is 5.66. The number of hydrogen-bond donors (Lipinski definition) is 1. The summed E-state index contributed by atoms with van der Waals surface area (Å²) in [5, 5.41) is 0. The number of rotatable bonds is 11. The van der Waals surface area contributed by atoms with Crippen LogP contribution in [0.2, 0.25) is 0 Å². The van der Waals surface area contributed by atoms with Crippen LogP contribution in [-0.2, 0) is 9.53 Å². The van der Waals surface area contributed by atoms with Crippen LogP contribution >= 0.6 is 0 Å². The van der Waals surface area contributed by atoms with E-state index in [0.29, 0.717) is 24.0 Å². The lowest BCUT2D eigenvalue weighted by Crippen LogP contribution is -2.37. The number of hydrogen-bond acceptors (Lipinski definition) is 5. The number of Topliss-reactive ketones (excluding diaryl/α,β-unsaturated/α-hetero) is 1. The number of ether oxygens (including phenoxy) is 1. The van der Waals surface area contributed by atoms with Gasteiger partial charge in [0.1, 0.15) is 0 Å². The molecule has 0 spiro atoms. The fourth-order valence-corrected chi connectivity index (χ4v) is 4.20. The van der Waals surface area contributed by atoms with Crippen molar-refractivity contribution in [3.8, 4) is 0 Å². The molecule has 37 heavy (non-hydrogen) atoms. The Kier molecular flexibility index (Phi) is 25.2. The number of carbonyl (C=O) groups is 1. The summed E-state index contributed by atoms with van der Waals surface area (Å²) >= 11 is 0. The van der Waals surface area contributed by atoms with Gasteiger partial charge in [0, 0.05) is 25.7 Å². The number of ketones is 1. The van der Waals surface area contributed by atoms with Gasteiger partial charge >= 0.3 is 0 Å². The van der Waals surface area contributed by atoms with E-state index in [1.54, 1.807) is 0 Å². The van der Waals surface area contributed by atoms with Gasteiger partial charge in [-0.05, 0) is 68.5 Å². The first-order valence-electron chi connectivity index (χ1n) is 14.5. The molecule has 0 saturated heterocycles. The average molecular weight is 522 g/mol. The maximum atomic E-state index is 11.9. The van der Waals surface area contributed by atoms with E-state index >= 15 is 0 Å². The summed E-state index contributed by atoms with van der Waals surface area (Å²) in [6.45, 7) is 35.7. The van der Waals surface area contributed by atoms with Crippen molar-refractivity contribution in [2.24, 2.45) is 17.6 Å². The molecule has 0 radical (unpaired) electrons. The van der Waals surface area contributed by atoms with Crippen molar-refractivity contribution in [1.29, 1.82) is 0 Å². The number of likely N-dealkylation sites (N-methyl/N-ethyl adjacent to an activating group) is 2. The van der Waals surface area contributed by atoms with E-state index in [0.717, 1.165) is 56.9 Å². The van der Waals surface area contributed by atoms with Gasteiger partial charge in [0.25, 0.3) is 0 Å². The van der Waals surface area contributed by atoms with Crippen molar-refractivity contribution in [2.75, 3.05) is 53.5 Å². The van der Waals surface area contributed by atoms with E-state index in [1.807, 2.05) is 46.6 Å². The van der Waals surface area contributed by atoms with Gasteiger partial charge in [-0.3, -0.25) is 4.79 Å². The Labute approximate surface area is 231 Å². The highest BCUT2D eigenvalue weighted by atomic mass is 16.5. The predicted octanol–water partition coefficient (Wildman–Crippen LogP) is 7.26. The molecule has 2 N–H and O–H groups in total. The standard InChI is InChI=1S/C17H30N2O2.C9H14.C2H7N.2C2H6/c1-7-8-18(5)9-11-21-12-10-19(6)16-15(13(2)3)14(4)17(16)20;1-6(2)9-7(3)5-8(9)4;1-2-3;2*1-2/h13H,4,7-12H2,1-3,5-6H3;6H,3,5H2,1-2,4H3;2-3H2,1H3;2*1-2H3. The second kappa shape index (κ2) is 23.4. The van der Waals surface area contributed by atoms with E-state index < -0.39 is 0 Å². The van der Waals surface area contributed by atoms with Crippen LogP contribution < -0.4 is 5.73 Å². The largest absolute Gasteiger partial charge is 0.378 e. The van der Waals surface area contributed by atoms with Crippen LogP contribution in [0.1, 0.15) is 89.0 Å². The zero-order chi connectivity index (χ0) is 29.7. The molecule has 5 nitrogen and oxygen atoms in total. The molecule has 2 aliphatic carbocycles. The zero-order valence-corrected chi connectivity index (χ0v) is 27.0. The number of allylic oxidation sites excluding steroid dienone is 5. The molecule has 0 atom stereocenters. The summed E-state index contributed by atoms with van der Waals surface area (Å²) in [6.07, 6.45) is 2.31. The van der Waals surface area contributed by atoms with E-state index in [-0.39, 0.29) is 5.78 Å². The Hall–Kier alpha value is -1.69. The molecule has 0 aliphatic heterocycles. The van der Waals surface area contributed by atoms with Crippen LogP contribution in [0.3, 0.4) is 0 Å². The monoisotopic (exact) mass is 521 g/mol. The minimum Gasteiger partial charge on any atom is -0.378 e. The number of carbonyl (C=O) groups excluding carboxylic acids is 1. The van der Waals surface area contributed by atoms with Crippen LogP contribution in [0.4, 0.5) is 0 Å². The Bertz CT molecular complexity index is 718. The lowest BCUT2D eigenvalue weighted by Gasteiger charge is -2.34. The molecule has 0 aromatic heterocycles. The fourth-order valence-electron chi connectivity index (χ4n) is 4.20. The van der Waals surface area contributed by atoms with Gasteiger partial charge in [-0.1, -0.05) is 88.0 Å². The highest BCUT2D eigenvalue weighted by Gasteiger charge is 2.35. The highest BCUT2D eigenvalue weighted by molar-refractivity contribution is 6.19. The van der Waals surface area contributed by atoms with Crippen molar-refractivity contribution < 1.29 is 9.53 Å². The first kappa shape index (κ1) is 39.8. The molecule has 0 amide bonds. The second-order valence-electron chi connectivity index (χ2n) is 9.60. The molecular formula is C32H63N3O2. The molecule has 5 heteroatoms. The molecule has 0 heterocycles. The van der Waals surface area contributed by atoms with E-state index in [2.05, 4.69) is 66.6 Å². The fraction of sp³-hybridized carbons (Fsp3) is 0.719. The molecule has 0 saturated carbocycles. The van der Waals surface area contributed by atoms with Gasteiger partial charge in [-0.25, -0.2) is 0 Å². The van der Waals surface area contributed by atoms with Crippen LogP contribution in [-0.4, -0.2) is 69.1 Å². The maximum Gasteiger partial charge on any atom is 0.209 e. The van der Waals surface area contributed by atoms with Gasteiger partial charge in [-0.2, -0.15) is 0 Å². The third-order valence-corrected chi connectivity index (χ3v) is 5.72. The molecule has 0 bridgehead atoms. The zero-order valence-electron chi connectivity index (χ0n) is 27.0. The highest BCUT2D eigenvalue weighted by Crippen LogP contribution is 2.37. The van der Waals surface area contributed by atoms with Crippen LogP contribution in [0.5, 0.6) is 0 Å². The van der Waals surface area contributed by atoms with Crippen molar-refractivity contribution >= 4 is 5.78 Å². The lowest BCUT2D eigenvalue weighted by atomic mass is 9.79. The first-order valence-corrected chi connectivity index (χ1v) is 14.5. The van der Waals surface area contributed by atoms with Crippen molar-refractivity contribution in [2.45, 2.75) is 89.0 Å². The topological polar surface area (TPSA) is 58.8 Å². The van der Waals surface area contributed by atoms with Gasteiger partial charge < -0.3 is 20.3 Å². The number of nitrogens with zero attached hydrogens (tertiary/aromatic N) is 2. The van der Waals surface area contributed by atoms with E-state index in [4.69, 9.17) is 10.5 Å². The summed E-state index contributed by atoms with van der Waals surface area (Å²) in [5.41, 5.74) is 11.8. The Morgan fingerprint density at radius 2 is 1.35 bits per heavy atom. The number of nitrogens with two attached hydrogens (primary N) is 1. The first-order chi connectivity index (χ1) is 17.4. The normalized spacial score (nSPS) is 14.0. The summed E-state index contributed by atoms with van der Waals surface area (Å²) in [7, 11) is 4.06. The van der Waals surface area contributed by atoms with Gasteiger partial charge in [0.2, 0.25) is 5.78 Å². The lowest BCUT2D eigenvalue weighted by molar-refractivity contribution is -0.115. The molecule has 0 fully saturated rings. The quantitative estimate of drug-likeness (QED) is 0.229. The molecule has 0 unspecified atom stereocenters. The third kappa shape index (κ3) is 14.7. The second-order valence-corrected chi connectivity index (χ2v) is 9.60. The van der Waals surface area contributed by atoms with Crippen LogP contribution in [0.25, 0.3) is 0 Å². The van der Waals surface area contributed by atoms with Crippen molar-refractivity contribution in [1.82, 2.24) is 9.80 Å². The Morgan fingerprint density at radius 1 is 0.892 bits per heavy atom. The van der Waals surface area contributed by atoms with Crippen molar-refractivity contribution in [3.63, 3.8) is 0 Å². The maximum absolute atomic E-state index is 11.9. The smallest absolute Gasteiger partial charge is 0.209 e. The SMILES string of the molecule is C=C1C(=O)C(N(C)CCOCCN(C)CCC)=C1C(C)C.C=C1CC(C)=C1C(C)C.CC.CC.CCN. The van der Waals surface area contributed by atoms with Gasteiger partial charge in [0.05, 0.1) is 18.9 Å². The summed E-state index contributed by atoms with van der Waals surface area (Å²) in [6, 6.07) is 0. The van der Waals surface area contributed by atoms with Gasteiger partial charge in [0.15, 0.2) is 0 Å². The average Bonchev–Trinajstić information content (AvgIpc) is 2.84. The minimum absolute atomic E-state index is 0.0869. The summed E-state index contributed by atoms with van der Waals surface area (Å²) in [4.78, 5) is 16.2. The predicted molar refractivity (Wildman–Crippen MR) is 166 cm³/mol. The Morgan fingerprint density at radius 3 is 1.70 bits per heavy atom. The van der Waals surface area contributed by atoms with Crippen molar-refractivity contribution in [3.05, 3.63) is 46.7 Å². The molecule has 218 valence electrons. The Balaban J connectivity index is -0.000000595. The molecule has 0 aromatic rings. The van der Waals surface area contributed by atoms with E-state index in [9.17, 15) is 4.79 Å². The van der Waals surface area contributed by atoms with Crippen LogP contribution in [0.15, 0.2) is 46.7 Å². The summed E-state index contributed by atoms with van der Waals surface area (Å²) in [5.74, 6) is 1.12. The molecular weight excluding hydrogens is 458 g/mol. The molecule has 2 aliphatic rings. The third-order valence-electron chi connectivity index (χ3n) is 5.72. The molecule has 2 rings (SSSR count). The minimum atomic E-state index is 0.0869. The van der Waals surface area contributed by atoms with Gasteiger partial charge in [-0.15, -0.1) is 0 Å². The van der Waals surface area contributed by atoms with E-state index in [1.165, 1.54) is 16.7 Å². The molecule has 0 aromatic carbocycles.